The van der Waals surface area contributed by atoms with Gasteiger partial charge in [0.25, 0.3) is 0 Å². The van der Waals surface area contributed by atoms with Crippen molar-refractivity contribution in [3.05, 3.63) is 99.9 Å². The molecule has 0 spiro atoms. The van der Waals surface area contributed by atoms with E-state index >= 15 is 0 Å². The molecular weight excluding hydrogens is 347 g/mol. The van der Waals surface area contributed by atoms with Gasteiger partial charge in [-0.3, -0.25) is 10.1 Å². The van der Waals surface area contributed by atoms with Gasteiger partial charge in [-0.25, -0.2) is 4.39 Å². The van der Waals surface area contributed by atoms with E-state index in [-0.39, 0.29) is 23.9 Å². The van der Waals surface area contributed by atoms with Crippen LogP contribution >= 0.6 is 0 Å². The highest BCUT2D eigenvalue weighted by Crippen LogP contribution is 2.32. The number of rotatable bonds is 7. The molecule has 5 nitrogen and oxygen atoms in total. The largest absolute Gasteiger partial charge is 0.482 e. The van der Waals surface area contributed by atoms with Gasteiger partial charge in [-0.15, -0.1) is 0 Å². The standard InChI is InChI=1S/C21H19FN2O3/c1-23(14-16-7-9-18(22)10-8-16)19-11-12-20(24(25)26)21(13-19)27-15-17-5-3-2-4-6-17/h2-13H,14-15H2,1H3. The number of hydrogen-bond donors (Lipinski definition) is 0. The van der Waals surface area contributed by atoms with Crippen LogP contribution in [0.25, 0.3) is 0 Å². The summed E-state index contributed by atoms with van der Waals surface area (Å²) in [5.74, 6) is -0.0688. The molecular formula is C21H19FN2O3. The van der Waals surface area contributed by atoms with Gasteiger partial charge in [-0.05, 0) is 29.3 Å². The van der Waals surface area contributed by atoms with Gasteiger partial charge in [0, 0.05) is 31.4 Å². The van der Waals surface area contributed by atoms with E-state index in [9.17, 15) is 14.5 Å². The minimum atomic E-state index is -0.454. The number of ether oxygens (including phenoxy) is 1. The Bertz CT molecular complexity index is 914. The van der Waals surface area contributed by atoms with Crippen molar-refractivity contribution in [3.63, 3.8) is 0 Å². The van der Waals surface area contributed by atoms with Crippen molar-refractivity contribution in [2.45, 2.75) is 13.2 Å². The lowest BCUT2D eigenvalue weighted by Crippen LogP contribution is -2.16. The molecule has 0 heterocycles. The summed E-state index contributed by atoms with van der Waals surface area (Å²) in [6.07, 6.45) is 0. The van der Waals surface area contributed by atoms with Crippen LogP contribution in [0.5, 0.6) is 5.75 Å². The fraction of sp³-hybridized carbons (Fsp3) is 0.143. The lowest BCUT2D eigenvalue weighted by atomic mass is 10.2. The Hall–Kier alpha value is -3.41. The maximum absolute atomic E-state index is 13.1. The summed E-state index contributed by atoms with van der Waals surface area (Å²) in [7, 11) is 1.87. The number of hydrogen-bond acceptors (Lipinski definition) is 4. The summed E-state index contributed by atoms with van der Waals surface area (Å²) in [5.41, 5.74) is 2.55. The molecule has 0 atom stereocenters. The van der Waals surface area contributed by atoms with Crippen LogP contribution in [-0.2, 0) is 13.2 Å². The molecule has 3 aromatic carbocycles. The number of benzene rings is 3. The topological polar surface area (TPSA) is 55.6 Å². The average molecular weight is 366 g/mol. The van der Waals surface area contributed by atoms with Crippen molar-refractivity contribution < 1.29 is 14.1 Å². The van der Waals surface area contributed by atoms with Crippen LogP contribution in [0.15, 0.2) is 72.8 Å². The van der Waals surface area contributed by atoms with Gasteiger partial charge in [-0.2, -0.15) is 0 Å². The Morgan fingerprint density at radius 3 is 2.37 bits per heavy atom. The quantitative estimate of drug-likeness (QED) is 0.439. The van der Waals surface area contributed by atoms with Gasteiger partial charge in [-0.1, -0.05) is 42.5 Å². The molecule has 0 unspecified atom stereocenters. The lowest BCUT2D eigenvalue weighted by molar-refractivity contribution is -0.385. The summed E-state index contributed by atoms with van der Waals surface area (Å²) >= 11 is 0. The smallest absolute Gasteiger partial charge is 0.311 e. The number of nitro benzene ring substituents is 1. The molecule has 0 aromatic heterocycles. The van der Waals surface area contributed by atoms with Crippen LogP contribution in [-0.4, -0.2) is 12.0 Å². The average Bonchev–Trinajstić information content (AvgIpc) is 2.68. The van der Waals surface area contributed by atoms with E-state index in [1.807, 2.05) is 42.3 Å². The second kappa shape index (κ2) is 8.31. The van der Waals surface area contributed by atoms with E-state index in [1.54, 1.807) is 24.3 Å². The highest BCUT2D eigenvalue weighted by molar-refractivity contribution is 5.59. The third-order valence-corrected chi connectivity index (χ3v) is 4.15. The molecule has 6 heteroatoms. The van der Waals surface area contributed by atoms with Crippen LogP contribution in [0, 0.1) is 15.9 Å². The zero-order valence-electron chi connectivity index (χ0n) is 14.8. The molecule has 0 fully saturated rings. The normalized spacial score (nSPS) is 10.4. The van der Waals surface area contributed by atoms with E-state index < -0.39 is 4.92 Å². The number of nitrogens with zero attached hydrogens (tertiary/aromatic N) is 2. The fourth-order valence-electron chi connectivity index (χ4n) is 2.70. The molecule has 0 aliphatic rings. The molecule has 0 bridgehead atoms. The summed E-state index contributed by atoms with van der Waals surface area (Å²) < 4.78 is 18.8. The van der Waals surface area contributed by atoms with Crippen molar-refractivity contribution >= 4 is 11.4 Å². The van der Waals surface area contributed by atoms with Crippen molar-refractivity contribution in [2.75, 3.05) is 11.9 Å². The monoisotopic (exact) mass is 366 g/mol. The van der Waals surface area contributed by atoms with Crippen LogP contribution in [0.4, 0.5) is 15.8 Å². The Kier molecular flexibility index (Phi) is 5.66. The second-order valence-electron chi connectivity index (χ2n) is 6.17. The molecule has 3 rings (SSSR count). The molecule has 0 N–H and O–H groups in total. The molecule has 3 aromatic rings. The zero-order chi connectivity index (χ0) is 19.2. The highest BCUT2D eigenvalue weighted by Gasteiger charge is 2.17. The summed E-state index contributed by atoms with van der Waals surface area (Å²) in [6, 6.07) is 20.5. The Labute approximate surface area is 156 Å². The predicted octanol–water partition coefficient (Wildman–Crippen LogP) is 4.95. The minimum absolute atomic E-state index is 0.0788. The van der Waals surface area contributed by atoms with Crippen LogP contribution in [0.2, 0.25) is 0 Å². The SMILES string of the molecule is CN(Cc1ccc(F)cc1)c1ccc([N+](=O)[O-])c(OCc2ccccc2)c1. The van der Waals surface area contributed by atoms with Gasteiger partial charge in [0.2, 0.25) is 0 Å². The van der Waals surface area contributed by atoms with E-state index in [0.29, 0.717) is 6.54 Å². The maximum atomic E-state index is 13.1. The van der Waals surface area contributed by atoms with E-state index in [1.165, 1.54) is 18.2 Å². The number of halogens is 1. The van der Waals surface area contributed by atoms with E-state index in [0.717, 1.165) is 16.8 Å². The highest BCUT2D eigenvalue weighted by atomic mass is 19.1. The van der Waals surface area contributed by atoms with Gasteiger partial charge in [0.15, 0.2) is 5.75 Å². The zero-order valence-corrected chi connectivity index (χ0v) is 14.8. The summed E-state index contributed by atoms with van der Waals surface area (Å²) in [6.45, 7) is 0.781. The fourth-order valence-corrected chi connectivity index (χ4v) is 2.70. The molecule has 0 aliphatic carbocycles. The first kappa shape index (κ1) is 18.4. The summed E-state index contributed by atoms with van der Waals surface area (Å²) in [4.78, 5) is 12.8. The Morgan fingerprint density at radius 1 is 1.00 bits per heavy atom. The Balaban J connectivity index is 1.79. The lowest BCUT2D eigenvalue weighted by Gasteiger charge is -2.20. The van der Waals surface area contributed by atoms with Crippen LogP contribution in [0.3, 0.4) is 0 Å². The molecule has 27 heavy (non-hydrogen) atoms. The minimum Gasteiger partial charge on any atom is -0.482 e. The van der Waals surface area contributed by atoms with Crippen molar-refractivity contribution in [2.24, 2.45) is 0 Å². The van der Waals surface area contributed by atoms with Gasteiger partial charge in [0.05, 0.1) is 4.92 Å². The number of anilines is 1. The van der Waals surface area contributed by atoms with E-state index in [4.69, 9.17) is 4.74 Å². The second-order valence-corrected chi connectivity index (χ2v) is 6.17. The third-order valence-electron chi connectivity index (χ3n) is 4.15. The molecule has 0 amide bonds. The molecule has 138 valence electrons. The Morgan fingerprint density at radius 2 is 1.70 bits per heavy atom. The van der Waals surface area contributed by atoms with E-state index in [2.05, 4.69) is 0 Å². The third kappa shape index (κ3) is 4.82. The molecule has 0 radical (unpaired) electrons. The van der Waals surface area contributed by atoms with Gasteiger partial charge < -0.3 is 9.64 Å². The van der Waals surface area contributed by atoms with Crippen LogP contribution < -0.4 is 9.64 Å². The first-order valence-corrected chi connectivity index (χ1v) is 8.43. The van der Waals surface area contributed by atoms with Crippen molar-refractivity contribution in [1.82, 2.24) is 0 Å². The van der Waals surface area contributed by atoms with Crippen molar-refractivity contribution in [1.29, 1.82) is 0 Å². The van der Waals surface area contributed by atoms with Crippen LogP contribution in [0.1, 0.15) is 11.1 Å². The number of nitro groups is 1. The van der Waals surface area contributed by atoms with Gasteiger partial charge in [0.1, 0.15) is 12.4 Å². The first-order valence-electron chi connectivity index (χ1n) is 8.43. The maximum Gasteiger partial charge on any atom is 0.311 e. The molecule has 0 saturated carbocycles. The van der Waals surface area contributed by atoms with Crippen molar-refractivity contribution in [3.8, 4) is 5.75 Å². The predicted molar refractivity (Wildman–Crippen MR) is 102 cm³/mol. The molecule has 0 saturated heterocycles. The first-order chi connectivity index (χ1) is 13.0. The van der Waals surface area contributed by atoms with Gasteiger partial charge >= 0.3 is 5.69 Å². The summed E-state index contributed by atoms with van der Waals surface area (Å²) in [5, 5.41) is 11.3. The molecule has 0 aliphatic heterocycles.